The van der Waals surface area contributed by atoms with Crippen molar-refractivity contribution in [3.63, 3.8) is 0 Å². The van der Waals surface area contributed by atoms with Crippen LogP contribution in [-0.4, -0.2) is 42.6 Å². The summed E-state index contributed by atoms with van der Waals surface area (Å²) in [6.45, 7) is 7.66. The van der Waals surface area contributed by atoms with Crippen molar-refractivity contribution in [2.45, 2.75) is 43.4 Å². The number of pyridine rings is 1. The van der Waals surface area contributed by atoms with Gasteiger partial charge >= 0.3 is 0 Å². The molecule has 1 fully saturated rings. The number of hydrogen-bond donors (Lipinski definition) is 1. The molecule has 4 aromatic rings. The van der Waals surface area contributed by atoms with Crippen LogP contribution < -0.4 is 5.32 Å². The predicted molar refractivity (Wildman–Crippen MR) is 159 cm³/mol. The first-order valence-electron chi connectivity index (χ1n) is 14.3. The molecule has 2 heterocycles. The van der Waals surface area contributed by atoms with Gasteiger partial charge in [0, 0.05) is 18.2 Å². The number of hydrogen-bond acceptors (Lipinski definition) is 3. The first-order chi connectivity index (χ1) is 18.8. The van der Waals surface area contributed by atoms with E-state index in [1.165, 1.54) is 36.0 Å². The maximum Gasteiger partial charge on any atom is 0.0635 e. The van der Waals surface area contributed by atoms with Crippen molar-refractivity contribution in [3.8, 4) is 0 Å². The second kappa shape index (κ2) is 12.5. The predicted octanol–water partition coefficient (Wildman–Crippen LogP) is 6.84. The minimum atomic E-state index is -0.291. The first-order valence-corrected chi connectivity index (χ1v) is 14.3. The average molecular weight is 504 g/mol. The summed E-state index contributed by atoms with van der Waals surface area (Å²) in [5, 5.41) is 3.75. The van der Waals surface area contributed by atoms with Gasteiger partial charge in [-0.2, -0.15) is 0 Å². The van der Waals surface area contributed by atoms with Gasteiger partial charge in [-0.15, -0.1) is 0 Å². The summed E-state index contributed by atoms with van der Waals surface area (Å²) < 4.78 is 0. The molecule has 1 aliphatic heterocycles. The number of rotatable bonds is 11. The van der Waals surface area contributed by atoms with Crippen LogP contribution in [0.3, 0.4) is 0 Å². The highest BCUT2D eigenvalue weighted by molar-refractivity contribution is 5.48. The number of nitrogens with zero attached hydrogens (tertiary/aromatic N) is 2. The molecule has 1 N–H and O–H groups in total. The normalized spacial score (nSPS) is 15.8. The van der Waals surface area contributed by atoms with Crippen LogP contribution in [0, 0.1) is 0 Å². The zero-order valence-electron chi connectivity index (χ0n) is 22.7. The molecule has 0 spiro atoms. The van der Waals surface area contributed by atoms with E-state index in [0.717, 1.165) is 44.8 Å². The molecule has 5 rings (SSSR count). The molecule has 196 valence electrons. The highest BCUT2D eigenvalue weighted by Crippen LogP contribution is 2.42. The zero-order valence-corrected chi connectivity index (χ0v) is 22.7. The molecule has 0 bridgehead atoms. The molecule has 0 amide bonds. The number of likely N-dealkylation sites (tertiary alicyclic amines) is 1. The highest BCUT2D eigenvalue weighted by Gasteiger charge is 2.40. The Labute approximate surface area is 229 Å². The summed E-state index contributed by atoms with van der Waals surface area (Å²) in [6, 6.07) is 39.5. The number of aromatic nitrogens is 1. The molecule has 0 aliphatic carbocycles. The van der Waals surface area contributed by atoms with Gasteiger partial charge in [0.1, 0.15) is 0 Å². The van der Waals surface area contributed by atoms with Gasteiger partial charge in [0.2, 0.25) is 0 Å². The summed E-state index contributed by atoms with van der Waals surface area (Å²) in [7, 11) is 0. The van der Waals surface area contributed by atoms with Crippen LogP contribution in [0.4, 0.5) is 0 Å². The van der Waals surface area contributed by atoms with E-state index in [-0.39, 0.29) is 10.8 Å². The van der Waals surface area contributed by atoms with Crippen molar-refractivity contribution in [3.05, 3.63) is 138 Å². The summed E-state index contributed by atoms with van der Waals surface area (Å²) in [5.74, 6) is 0. The van der Waals surface area contributed by atoms with Crippen molar-refractivity contribution in [1.29, 1.82) is 0 Å². The van der Waals surface area contributed by atoms with Crippen LogP contribution in [0.15, 0.2) is 115 Å². The van der Waals surface area contributed by atoms with E-state index >= 15 is 0 Å². The fourth-order valence-corrected chi connectivity index (χ4v) is 6.33. The molecule has 0 unspecified atom stereocenters. The molecular weight excluding hydrogens is 462 g/mol. The Hall–Kier alpha value is -3.27. The van der Waals surface area contributed by atoms with Crippen LogP contribution in [0.2, 0.25) is 0 Å². The van der Waals surface area contributed by atoms with E-state index in [9.17, 15) is 0 Å². The van der Waals surface area contributed by atoms with E-state index in [2.05, 4.69) is 120 Å². The van der Waals surface area contributed by atoms with Crippen molar-refractivity contribution < 1.29 is 0 Å². The third-order valence-electron chi connectivity index (χ3n) is 8.53. The lowest BCUT2D eigenvalue weighted by atomic mass is 9.69. The Kier molecular flexibility index (Phi) is 8.68. The fraction of sp³-hybridized carbons (Fsp3) is 0.343. The molecule has 3 heteroatoms. The molecular formula is C35H41N3. The van der Waals surface area contributed by atoms with Gasteiger partial charge in [-0.1, -0.05) is 104 Å². The maximum absolute atomic E-state index is 4.95. The smallest absolute Gasteiger partial charge is 0.0635 e. The molecule has 1 saturated heterocycles. The standard InChI is InChI=1S/C35H41N3/c1-2-24-36-29-34(30-14-6-3-7-15-30)21-26-38(27-22-34)28-23-35(31-16-8-4-9-17-31,32-18-10-5-11-19-32)33-20-12-13-25-37-33/h3-20,25,36H,2,21-24,26-29H2,1H3. The van der Waals surface area contributed by atoms with Gasteiger partial charge in [0.05, 0.1) is 11.1 Å². The fourth-order valence-electron chi connectivity index (χ4n) is 6.33. The zero-order chi connectivity index (χ0) is 26.1. The number of nitrogens with one attached hydrogen (secondary N) is 1. The van der Waals surface area contributed by atoms with Gasteiger partial charge in [0.25, 0.3) is 0 Å². The van der Waals surface area contributed by atoms with Crippen LogP contribution in [0.25, 0.3) is 0 Å². The Morgan fingerprint density at radius 2 is 1.34 bits per heavy atom. The van der Waals surface area contributed by atoms with Crippen LogP contribution >= 0.6 is 0 Å². The lowest BCUT2D eigenvalue weighted by Gasteiger charge is -2.44. The Balaban J connectivity index is 1.41. The molecule has 38 heavy (non-hydrogen) atoms. The van der Waals surface area contributed by atoms with Gasteiger partial charge in [-0.05, 0) is 80.7 Å². The van der Waals surface area contributed by atoms with Crippen molar-refractivity contribution in [2.24, 2.45) is 0 Å². The first kappa shape index (κ1) is 26.3. The summed E-state index contributed by atoms with van der Waals surface area (Å²) >= 11 is 0. The van der Waals surface area contributed by atoms with E-state index < -0.39 is 0 Å². The summed E-state index contributed by atoms with van der Waals surface area (Å²) in [6.07, 6.45) is 6.46. The van der Waals surface area contributed by atoms with Crippen molar-refractivity contribution >= 4 is 0 Å². The van der Waals surface area contributed by atoms with Gasteiger partial charge in [-0.3, -0.25) is 4.98 Å². The van der Waals surface area contributed by atoms with Gasteiger partial charge < -0.3 is 10.2 Å². The monoisotopic (exact) mass is 503 g/mol. The van der Waals surface area contributed by atoms with E-state index in [4.69, 9.17) is 4.98 Å². The molecule has 1 aliphatic rings. The van der Waals surface area contributed by atoms with Gasteiger partial charge in [-0.25, -0.2) is 0 Å². The van der Waals surface area contributed by atoms with Crippen molar-refractivity contribution in [1.82, 2.24) is 15.2 Å². The molecule has 3 aromatic carbocycles. The van der Waals surface area contributed by atoms with E-state index in [0.29, 0.717) is 0 Å². The topological polar surface area (TPSA) is 28.2 Å². The highest BCUT2D eigenvalue weighted by atomic mass is 15.1. The quantitative estimate of drug-likeness (QED) is 0.227. The lowest BCUT2D eigenvalue weighted by molar-refractivity contribution is 0.149. The molecule has 0 saturated carbocycles. The minimum Gasteiger partial charge on any atom is -0.316 e. The van der Waals surface area contributed by atoms with Crippen LogP contribution in [0.1, 0.15) is 55.0 Å². The maximum atomic E-state index is 4.95. The van der Waals surface area contributed by atoms with E-state index in [1.54, 1.807) is 0 Å². The number of benzene rings is 3. The number of piperidine rings is 1. The molecule has 3 nitrogen and oxygen atoms in total. The Morgan fingerprint density at radius 3 is 1.89 bits per heavy atom. The second-order valence-corrected chi connectivity index (χ2v) is 10.8. The molecule has 0 radical (unpaired) electrons. The third-order valence-corrected chi connectivity index (χ3v) is 8.53. The minimum absolute atomic E-state index is 0.212. The second-order valence-electron chi connectivity index (χ2n) is 10.8. The third kappa shape index (κ3) is 5.60. The van der Waals surface area contributed by atoms with Crippen LogP contribution in [0.5, 0.6) is 0 Å². The Morgan fingerprint density at radius 1 is 0.763 bits per heavy atom. The van der Waals surface area contributed by atoms with E-state index in [1.807, 2.05) is 12.3 Å². The lowest BCUT2D eigenvalue weighted by Crippen LogP contribution is -2.49. The Bertz CT molecular complexity index is 1120. The molecule has 1 aromatic heterocycles. The van der Waals surface area contributed by atoms with Crippen molar-refractivity contribution in [2.75, 3.05) is 32.7 Å². The van der Waals surface area contributed by atoms with Gasteiger partial charge in [0.15, 0.2) is 0 Å². The largest absolute Gasteiger partial charge is 0.316 e. The summed E-state index contributed by atoms with van der Waals surface area (Å²) in [5.41, 5.74) is 5.15. The SMILES string of the molecule is CCCNCC1(c2ccccc2)CCN(CCC(c2ccccc2)(c2ccccc2)c2ccccn2)CC1. The van der Waals surface area contributed by atoms with Crippen LogP contribution in [-0.2, 0) is 10.8 Å². The summed E-state index contributed by atoms with van der Waals surface area (Å²) in [4.78, 5) is 7.63. The average Bonchev–Trinajstić information content (AvgIpc) is 3.00. The molecule has 0 atom stereocenters.